The minimum absolute atomic E-state index is 0.0638. The number of benzene rings is 1. The van der Waals surface area contributed by atoms with Gasteiger partial charge in [0.1, 0.15) is 5.75 Å². The highest BCUT2D eigenvalue weighted by Crippen LogP contribution is 2.20. The molecule has 2 amide bonds. The lowest BCUT2D eigenvalue weighted by molar-refractivity contribution is -0.122. The first kappa shape index (κ1) is 21.9. The number of carbonyl (C=O) groups excluding carboxylic acids is 2. The Bertz CT molecular complexity index is 908. The summed E-state index contributed by atoms with van der Waals surface area (Å²) < 4.78 is 29.9. The zero-order valence-corrected chi connectivity index (χ0v) is 17.3. The van der Waals surface area contributed by atoms with Gasteiger partial charge in [0, 0.05) is 23.7 Å². The monoisotopic (exact) mass is 425 g/mol. The van der Waals surface area contributed by atoms with Gasteiger partial charge in [-0.1, -0.05) is 0 Å². The van der Waals surface area contributed by atoms with E-state index in [0.29, 0.717) is 29.3 Å². The van der Waals surface area contributed by atoms with Crippen LogP contribution >= 0.6 is 11.3 Å². The zero-order chi connectivity index (χ0) is 20.6. The minimum Gasteiger partial charge on any atom is -0.484 e. The molecule has 10 heteroatoms. The third kappa shape index (κ3) is 7.67. The van der Waals surface area contributed by atoms with Crippen LogP contribution in [0.4, 0.5) is 5.69 Å². The maximum absolute atomic E-state index is 12.3. The molecule has 0 atom stereocenters. The van der Waals surface area contributed by atoms with E-state index in [1.54, 1.807) is 30.3 Å². The molecule has 0 fully saturated rings. The van der Waals surface area contributed by atoms with Crippen molar-refractivity contribution in [1.82, 2.24) is 10.0 Å². The maximum Gasteiger partial charge on any atom is 0.265 e. The Hall–Kier alpha value is -2.43. The van der Waals surface area contributed by atoms with Crippen LogP contribution < -0.4 is 20.1 Å². The number of rotatable bonds is 10. The van der Waals surface area contributed by atoms with Gasteiger partial charge in [0.15, 0.2) is 6.61 Å². The van der Waals surface area contributed by atoms with Gasteiger partial charge in [0.25, 0.3) is 11.8 Å². The van der Waals surface area contributed by atoms with Crippen molar-refractivity contribution in [3.05, 3.63) is 46.2 Å². The Kier molecular flexibility index (Phi) is 7.97. The number of sulfonamides is 1. The van der Waals surface area contributed by atoms with E-state index in [9.17, 15) is 18.0 Å². The fourth-order valence-corrected chi connectivity index (χ4v) is 3.59. The van der Waals surface area contributed by atoms with Gasteiger partial charge < -0.3 is 15.4 Å². The van der Waals surface area contributed by atoms with Gasteiger partial charge in [-0.25, -0.2) is 13.1 Å². The van der Waals surface area contributed by atoms with Crippen LogP contribution in [0, 0.1) is 0 Å². The molecule has 1 heterocycles. The number of carbonyl (C=O) groups is 2. The third-order valence-corrected chi connectivity index (χ3v) is 5.35. The number of nitrogens with one attached hydrogen (secondary N) is 3. The van der Waals surface area contributed by atoms with Gasteiger partial charge in [-0.2, -0.15) is 0 Å². The predicted molar refractivity (Wildman–Crippen MR) is 109 cm³/mol. The molecule has 2 aromatic rings. The molecule has 0 saturated heterocycles. The smallest absolute Gasteiger partial charge is 0.265 e. The maximum atomic E-state index is 12.3. The summed E-state index contributed by atoms with van der Waals surface area (Å²) >= 11 is 1.31. The topological polar surface area (TPSA) is 114 Å². The average molecular weight is 426 g/mol. The van der Waals surface area contributed by atoms with E-state index < -0.39 is 10.0 Å². The van der Waals surface area contributed by atoms with E-state index in [4.69, 9.17) is 4.74 Å². The van der Waals surface area contributed by atoms with Crippen LogP contribution in [0.3, 0.4) is 0 Å². The fourth-order valence-electron chi connectivity index (χ4n) is 2.22. The first-order chi connectivity index (χ1) is 13.3. The van der Waals surface area contributed by atoms with Crippen LogP contribution in [0.1, 0.15) is 21.5 Å². The standard InChI is InChI=1S/C18H23N3O5S2/c1-3-19-17(22)12-26-14-6-4-13(5-7-14)21-18(23)16-9-8-15(27-16)10-11-20-28(2,24)25/h4-9,20H,3,10-12H2,1-2H3,(H,19,22)(H,21,23). The van der Waals surface area contributed by atoms with Crippen molar-refractivity contribution in [2.45, 2.75) is 13.3 Å². The van der Waals surface area contributed by atoms with Gasteiger partial charge in [-0.15, -0.1) is 11.3 Å². The number of anilines is 1. The van der Waals surface area contributed by atoms with Crippen molar-refractivity contribution < 1.29 is 22.7 Å². The molecule has 2 rings (SSSR count). The summed E-state index contributed by atoms with van der Waals surface area (Å²) in [6.45, 7) is 2.61. The molecular weight excluding hydrogens is 402 g/mol. The van der Waals surface area contributed by atoms with E-state index in [-0.39, 0.29) is 25.0 Å². The van der Waals surface area contributed by atoms with Crippen molar-refractivity contribution in [3.8, 4) is 5.75 Å². The summed E-state index contributed by atoms with van der Waals surface area (Å²) in [7, 11) is -3.22. The Balaban J connectivity index is 1.85. The van der Waals surface area contributed by atoms with E-state index in [1.807, 2.05) is 13.0 Å². The molecule has 0 spiro atoms. The summed E-state index contributed by atoms with van der Waals surface area (Å²) in [6.07, 6.45) is 1.62. The first-order valence-electron chi connectivity index (χ1n) is 8.61. The highest BCUT2D eigenvalue weighted by molar-refractivity contribution is 7.88. The van der Waals surface area contributed by atoms with Crippen molar-refractivity contribution in [1.29, 1.82) is 0 Å². The molecule has 3 N–H and O–H groups in total. The fraction of sp³-hybridized carbons (Fsp3) is 0.333. The molecule has 0 aliphatic heterocycles. The molecule has 0 saturated carbocycles. The molecule has 0 unspecified atom stereocenters. The lowest BCUT2D eigenvalue weighted by Crippen LogP contribution is -2.28. The van der Waals surface area contributed by atoms with Crippen molar-refractivity contribution in [3.63, 3.8) is 0 Å². The number of amides is 2. The molecule has 0 bridgehead atoms. The molecule has 0 radical (unpaired) electrons. The van der Waals surface area contributed by atoms with Crippen LogP contribution in [-0.4, -0.2) is 46.2 Å². The second-order valence-corrected chi connectivity index (χ2v) is 8.90. The van der Waals surface area contributed by atoms with Gasteiger partial charge >= 0.3 is 0 Å². The van der Waals surface area contributed by atoms with Crippen molar-refractivity contribution in [2.24, 2.45) is 0 Å². The highest BCUT2D eigenvalue weighted by atomic mass is 32.2. The summed E-state index contributed by atoms with van der Waals surface area (Å²) in [5.74, 6) is 0.0875. The Morgan fingerprint density at radius 1 is 1.11 bits per heavy atom. The Morgan fingerprint density at radius 3 is 2.46 bits per heavy atom. The Labute approximate surface area is 168 Å². The van der Waals surface area contributed by atoms with Crippen LogP contribution in [0.25, 0.3) is 0 Å². The van der Waals surface area contributed by atoms with Gasteiger partial charge in [-0.05, 0) is 49.7 Å². The second kappa shape index (κ2) is 10.2. The van der Waals surface area contributed by atoms with Gasteiger partial charge in [0.2, 0.25) is 10.0 Å². The average Bonchev–Trinajstić information content (AvgIpc) is 3.09. The van der Waals surface area contributed by atoms with Gasteiger partial charge in [-0.3, -0.25) is 9.59 Å². The number of ether oxygens (including phenoxy) is 1. The van der Waals surface area contributed by atoms with Crippen LogP contribution in [-0.2, 0) is 21.2 Å². The SMILES string of the molecule is CCNC(=O)COc1ccc(NC(=O)c2ccc(CCNS(C)(=O)=O)s2)cc1. The highest BCUT2D eigenvalue weighted by Gasteiger charge is 2.10. The molecule has 1 aromatic carbocycles. The zero-order valence-electron chi connectivity index (χ0n) is 15.7. The first-order valence-corrected chi connectivity index (χ1v) is 11.3. The molecule has 0 aliphatic carbocycles. The molecular formula is C18H23N3O5S2. The van der Waals surface area contributed by atoms with E-state index in [1.165, 1.54) is 11.3 Å². The predicted octanol–water partition coefficient (Wildman–Crippen LogP) is 1.61. The molecule has 152 valence electrons. The summed E-state index contributed by atoms with van der Waals surface area (Å²) in [5, 5.41) is 5.43. The van der Waals surface area contributed by atoms with Crippen molar-refractivity contribution >= 4 is 38.9 Å². The third-order valence-electron chi connectivity index (χ3n) is 3.48. The van der Waals surface area contributed by atoms with E-state index >= 15 is 0 Å². The van der Waals surface area contributed by atoms with Crippen LogP contribution in [0.15, 0.2) is 36.4 Å². The summed E-state index contributed by atoms with van der Waals surface area (Å²) in [4.78, 5) is 25.2. The largest absolute Gasteiger partial charge is 0.484 e. The lowest BCUT2D eigenvalue weighted by atomic mass is 10.3. The minimum atomic E-state index is -3.22. The number of likely N-dealkylation sites (N-methyl/N-ethyl adjacent to an activating group) is 1. The summed E-state index contributed by atoms with van der Waals surface area (Å²) in [6, 6.07) is 10.2. The number of hydrogen-bond donors (Lipinski definition) is 3. The summed E-state index contributed by atoms with van der Waals surface area (Å²) in [5.41, 5.74) is 0.601. The normalized spacial score (nSPS) is 11.1. The molecule has 28 heavy (non-hydrogen) atoms. The van der Waals surface area contributed by atoms with Gasteiger partial charge in [0.05, 0.1) is 11.1 Å². The number of hydrogen-bond acceptors (Lipinski definition) is 6. The lowest BCUT2D eigenvalue weighted by Gasteiger charge is -2.08. The van der Waals surface area contributed by atoms with E-state index in [0.717, 1.165) is 11.1 Å². The number of thiophene rings is 1. The quantitative estimate of drug-likeness (QED) is 0.535. The van der Waals surface area contributed by atoms with Crippen LogP contribution in [0.5, 0.6) is 5.75 Å². The molecule has 1 aromatic heterocycles. The van der Waals surface area contributed by atoms with Crippen molar-refractivity contribution in [2.75, 3.05) is 31.3 Å². The van der Waals surface area contributed by atoms with Crippen LogP contribution in [0.2, 0.25) is 0 Å². The molecule has 8 nitrogen and oxygen atoms in total. The molecule has 0 aliphatic rings. The Morgan fingerprint density at radius 2 is 1.82 bits per heavy atom. The van der Waals surface area contributed by atoms with E-state index in [2.05, 4.69) is 15.4 Å². The second-order valence-electron chi connectivity index (χ2n) is 5.90.